The molecular weight excluding hydrogens is 249 g/mol. The fourth-order valence-corrected chi connectivity index (χ4v) is 1.09. The summed E-state index contributed by atoms with van der Waals surface area (Å²) in [6.07, 6.45) is 0. The topological polar surface area (TPSA) is 43.4 Å². The lowest BCUT2D eigenvalue weighted by molar-refractivity contribution is -0.132. The Morgan fingerprint density at radius 2 is 1.81 bits per heavy atom. The summed E-state index contributed by atoms with van der Waals surface area (Å²) in [6.45, 7) is 0.867. The highest BCUT2D eigenvalue weighted by Gasteiger charge is 2.24. The van der Waals surface area contributed by atoms with Crippen molar-refractivity contribution in [3.05, 3.63) is 29.1 Å². The van der Waals surface area contributed by atoms with Gasteiger partial charge in [0.05, 0.1) is 5.56 Å². The third-order valence-corrected chi connectivity index (χ3v) is 1.78. The third-order valence-electron chi connectivity index (χ3n) is 1.57. The van der Waals surface area contributed by atoms with Gasteiger partial charge in [-0.25, -0.2) is 8.78 Å². The molecule has 0 aliphatic rings. The van der Waals surface area contributed by atoms with Crippen molar-refractivity contribution < 1.29 is 27.5 Å². The summed E-state index contributed by atoms with van der Waals surface area (Å²) in [5.41, 5.74) is -0.906. The predicted octanol–water partition coefficient (Wildman–Crippen LogP) is 2.41. The van der Waals surface area contributed by atoms with Crippen LogP contribution < -0.4 is 4.74 Å². The number of carbonyl (C=O) groups excluding carboxylic acids is 2. The average Bonchev–Trinajstić information content (AvgIpc) is 2.17. The van der Waals surface area contributed by atoms with E-state index in [1.165, 1.54) is 0 Å². The number of halogens is 4. The highest BCUT2D eigenvalue weighted by molar-refractivity contribution is 6.67. The fraction of sp³-hybridized carbons (Fsp3) is 0.111. The number of ether oxygens (including phenoxy) is 1. The van der Waals surface area contributed by atoms with Gasteiger partial charge in [-0.15, -0.1) is 0 Å². The molecule has 1 aromatic carbocycles. The van der Waals surface area contributed by atoms with Gasteiger partial charge in [0.25, 0.3) is 5.24 Å². The van der Waals surface area contributed by atoms with Crippen LogP contribution in [0.1, 0.15) is 17.3 Å². The van der Waals surface area contributed by atoms with Crippen LogP contribution >= 0.6 is 11.6 Å². The van der Waals surface area contributed by atoms with Crippen LogP contribution in [0.25, 0.3) is 0 Å². The summed E-state index contributed by atoms with van der Waals surface area (Å²) in [7, 11) is 0. The maximum Gasteiger partial charge on any atom is 0.308 e. The van der Waals surface area contributed by atoms with Gasteiger partial charge in [0.1, 0.15) is 0 Å². The second-order valence-electron chi connectivity index (χ2n) is 2.73. The Bertz CT molecular complexity index is 474. The maximum atomic E-state index is 13.3. The van der Waals surface area contributed by atoms with Gasteiger partial charge in [-0.3, -0.25) is 9.59 Å². The summed E-state index contributed by atoms with van der Waals surface area (Å²) in [6, 6.07) is 0.285. The summed E-state index contributed by atoms with van der Waals surface area (Å²) in [5, 5.41) is -1.33. The molecule has 0 unspecified atom stereocenters. The molecule has 3 nitrogen and oxygen atoms in total. The zero-order chi connectivity index (χ0) is 12.5. The van der Waals surface area contributed by atoms with E-state index in [-0.39, 0.29) is 6.07 Å². The van der Waals surface area contributed by atoms with E-state index in [0.29, 0.717) is 0 Å². The van der Waals surface area contributed by atoms with Gasteiger partial charge in [0.15, 0.2) is 11.6 Å². The Morgan fingerprint density at radius 3 is 2.25 bits per heavy atom. The molecule has 0 atom stereocenters. The van der Waals surface area contributed by atoms with Crippen LogP contribution in [0.4, 0.5) is 13.2 Å². The fourth-order valence-electron chi connectivity index (χ4n) is 0.957. The molecule has 86 valence electrons. The van der Waals surface area contributed by atoms with Crippen LogP contribution in [-0.4, -0.2) is 11.2 Å². The smallest absolute Gasteiger partial charge is 0.308 e. The number of benzene rings is 1. The van der Waals surface area contributed by atoms with E-state index in [9.17, 15) is 22.8 Å². The number of rotatable bonds is 2. The van der Waals surface area contributed by atoms with Crippen LogP contribution in [0.3, 0.4) is 0 Å². The first-order valence-corrected chi connectivity index (χ1v) is 4.28. The van der Waals surface area contributed by atoms with Crippen molar-refractivity contribution in [2.24, 2.45) is 0 Å². The Morgan fingerprint density at radius 1 is 1.25 bits per heavy atom. The van der Waals surface area contributed by atoms with Gasteiger partial charge in [0, 0.05) is 6.92 Å². The van der Waals surface area contributed by atoms with Gasteiger partial charge in [-0.05, 0) is 17.7 Å². The third kappa shape index (κ3) is 2.33. The quantitative estimate of drug-likeness (QED) is 0.351. The van der Waals surface area contributed by atoms with Gasteiger partial charge < -0.3 is 4.74 Å². The molecule has 0 fully saturated rings. The average molecular weight is 253 g/mol. The molecule has 0 aliphatic carbocycles. The molecule has 0 radical (unpaired) electrons. The van der Waals surface area contributed by atoms with Crippen LogP contribution in [0, 0.1) is 17.5 Å². The number of hydrogen-bond acceptors (Lipinski definition) is 3. The van der Waals surface area contributed by atoms with Crippen LogP contribution in [0.5, 0.6) is 5.75 Å². The van der Waals surface area contributed by atoms with Gasteiger partial charge >= 0.3 is 5.97 Å². The molecule has 0 aliphatic heterocycles. The van der Waals surface area contributed by atoms with Crippen LogP contribution in [-0.2, 0) is 4.79 Å². The van der Waals surface area contributed by atoms with E-state index >= 15 is 0 Å². The largest absolute Gasteiger partial charge is 0.420 e. The Balaban J connectivity index is 3.45. The molecule has 0 spiro atoms. The van der Waals surface area contributed by atoms with Crippen LogP contribution in [0.2, 0.25) is 0 Å². The Hall–Kier alpha value is -1.56. The standard InChI is InChI=1S/C9H4ClF3O3/c1-3(14)16-8-6(12)4(9(10)15)2-5(11)7(8)13/h2H,1H3. The normalized spacial score (nSPS) is 10.1. The molecule has 1 rings (SSSR count). The zero-order valence-electron chi connectivity index (χ0n) is 7.81. The summed E-state index contributed by atoms with van der Waals surface area (Å²) < 4.78 is 43.3. The molecule has 0 bridgehead atoms. The van der Waals surface area contributed by atoms with E-state index < -0.39 is 40.0 Å². The van der Waals surface area contributed by atoms with Gasteiger partial charge in [0.2, 0.25) is 11.6 Å². The van der Waals surface area contributed by atoms with E-state index in [4.69, 9.17) is 11.6 Å². The molecule has 0 saturated heterocycles. The number of hydrogen-bond donors (Lipinski definition) is 0. The summed E-state index contributed by atoms with van der Waals surface area (Å²) in [5.74, 6) is -7.10. The molecule has 7 heteroatoms. The van der Waals surface area contributed by atoms with E-state index in [2.05, 4.69) is 4.74 Å². The van der Waals surface area contributed by atoms with Crippen molar-refractivity contribution in [1.82, 2.24) is 0 Å². The second kappa shape index (κ2) is 4.52. The first kappa shape index (κ1) is 12.5. The van der Waals surface area contributed by atoms with Crippen LogP contribution in [0.15, 0.2) is 6.07 Å². The zero-order valence-corrected chi connectivity index (χ0v) is 8.57. The SMILES string of the molecule is CC(=O)Oc1c(F)c(F)cc(C(=O)Cl)c1F. The highest BCUT2D eigenvalue weighted by Crippen LogP contribution is 2.28. The van der Waals surface area contributed by atoms with E-state index in [0.717, 1.165) is 6.92 Å². The van der Waals surface area contributed by atoms with Crippen molar-refractivity contribution in [2.75, 3.05) is 0 Å². The minimum atomic E-state index is -1.70. The molecule has 0 heterocycles. The van der Waals surface area contributed by atoms with E-state index in [1.807, 2.05) is 0 Å². The molecular formula is C9H4ClF3O3. The first-order chi connectivity index (χ1) is 7.34. The minimum absolute atomic E-state index is 0.285. The van der Waals surface area contributed by atoms with Crippen molar-refractivity contribution in [1.29, 1.82) is 0 Å². The first-order valence-electron chi connectivity index (χ1n) is 3.90. The lowest BCUT2D eigenvalue weighted by Crippen LogP contribution is -2.09. The highest BCUT2D eigenvalue weighted by atomic mass is 35.5. The molecule has 16 heavy (non-hydrogen) atoms. The van der Waals surface area contributed by atoms with Gasteiger partial charge in [-0.1, -0.05) is 0 Å². The Labute approximate surface area is 92.8 Å². The number of esters is 1. The second-order valence-corrected chi connectivity index (χ2v) is 3.07. The molecule has 0 amide bonds. The monoisotopic (exact) mass is 252 g/mol. The molecule has 0 aromatic heterocycles. The van der Waals surface area contributed by atoms with Gasteiger partial charge in [-0.2, -0.15) is 4.39 Å². The molecule has 1 aromatic rings. The number of carbonyl (C=O) groups is 2. The molecule has 0 saturated carbocycles. The van der Waals surface area contributed by atoms with Crippen molar-refractivity contribution in [3.63, 3.8) is 0 Å². The lowest BCUT2D eigenvalue weighted by atomic mass is 10.2. The molecule has 0 N–H and O–H groups in total. The lowest BCUT2D eigenvalue weighted by Gasteiger charge is -2.07. The van der Waals surface area contributed by atoms with Crippen molar-refractivity contribution in [2.45, 2.75) is 6.92 Å². The maximum absolute atomic E-state index is 13.3. The van der Waals surface area contributed by atoms with Crippen molar-refractivity contribution >= 4 is 22.8 Å². The summed E-state index contributed by atoms with van der Waals surface area (Å²) in [4.78, 5) is 21.2. The predicted molar refractivity (Wildman–Crippen MR) is 47.8 cm³/mol. The van der Waals surface area contributed by atoms with E-state index in [1.54, 1.807) is 0 Å². The Kier molecular flexibility index (Phi) is 3.54. The minimum Gasteiger partial charge on any atom is -0.420 e. The van der Waals surface area contributed by atoms with Crippen molar-refractivity contribution in [3.8, 4) is 5.75 Å². The summed E-state index contributed by atoms with van der Waals surface area (Å²) >= 11 is 4.93.